The third-order valence-electron chi connectivity index (χ3n) is 1.83. The maximum absolute atomic E-state index is 10.2. The van der Waals surface area contributed by atoms with Gasteiger partial charge in [-0.2, -0.15) is 0 Å². The molecule has 1 rings (SSSR count). The van der Waals surface area contributed by atoms with E-state index in [4.69, 9.17) is 5.11 Å². The van der Waals surface area contributed by atoms with Crippen LogP contribution in [0.4, 0.5) is 0 Å². The molecule has 1 aromatic heterocycles. The monoisotopic (exact) mass is 179 g/mol. The van der Waals surface area contributed by atoms with E-state index in [0.29, 0.717) is 6.42 Å². The molecule has 1 heterocycles. The lowest BCUT2D eigenvalue weighted by molar-refractivity contribution is -0.137. The number of pyridine rings is 1. The highest BCUT2D eigenvalue weighted by atomic mass is 16.4. The Hall–Kier alpha value is -1.38. The van der Waals surface area contributed by atoms with Gasteiger partial charge in [-0.05, 0) is 31.4 Å². The van der Waals surface area contributed by atoms with E-state index in [-0.39, 0.29) is 6.42 Å². The second-order valence-electron chi connectivity index (χ2n) is 3.06. The summed E-state index contributed by atoms with van der Waals surface area (Å²) in [5.41, 5.74) is 2.09. The second-order valence-corrected chi connectivity index (χ2v) is 3.06. The summed E-state index contributed by atoms with van der Waals surface area (Å²) in [5, 5.41) is 8.42. The molecule has 13 heavy (non-hydrogen) atoms. The van der Waals surface area contributed by atoms with Crippen LogP contribution >= 0.6 is 0 Å². The van der Waals surface area contributed by atoms with Gasteiger partial charge in [-0.15, -0.1) is 0 Å². The fourth-order valence-electron chi connectivity index (χ4n) is 1.09. The maximum Gasteiger partial charge on any atom is 0.303 e. The summed E-state index contributed by atoms with van der Waals surface area (Å²) in [6.45, 7) is 1.93. The molecule has 0 aromatic carbocycles. The van der Waals surface area contributed by atoms with Crippen LogP contribution in [0.3, 0.4) is 0 Å². The largest absolute Gasteiger partial charge is 0.481 e. The number of carboxylic acids is 1. The summed E-state index contributed by atoms with van der Waals surface area (Å²) in [4.78, 5) is 14.4. The van der Waals surface area contributed by atoms with Gasteiger partial charge in [0.15, 0.2) is 0 Å². The van der Waals surface area contributed by atoms with Gasteiger partial charge in [0.25, 0.3) is 0 Å². The molecule has 0 aliphatic rings. The Bertz CT molecular complexity index is 279. The molecule has 3 nitrogen and oxygen atoms in total. The molecule has 1 aromatic rings. The molecule has 3 heteroatoms. The first-order chi connectivity index (χ1) is 6.18. The first-order valence-electron chi connectivity index (χ1n) is 4.32. The number of rotatable bonds is 4. The molecule has 0 unspecified atom stereocenters. The van der Waals surface area contributed by atoms with E-state index in [0.717, 1.165) is 17.7 Å². The van der Waals surface area contributed by atoms with Crippen molar-refractivity contribution in [3.8, 4) is 0 Å². The lowest BCUT2D eigenvalue weighted by atomic mass is 10.1. The van der Waals surface area contributed by atoms with E-state index >= 15 is 0 Å². The highest BCUT2D eigenvalue weighted by Gasteiger charge is 1.98. The van der Waals surface area contributed by atoms with Gasteiger partial charge in [-0.3, -0.25) is 9.78 Å². The summed E-state index contributed by atoms with van der Waals surface area (Å²) in [6.07, 6.45) is 3.50. The smallest absolute Gasteiger partial charge is 0.303 e. The SMILES string of the molecule is Cc1ccc(CCCC(=O)O)cn1. The topological polar surface area (TPSA) is 50.2 Å². The first kappa shape index (κ1) is 9.71. The number of aryl methyl sites for hydroxylation is 2. The minimum absolute atomic E-state index is 0.230. The molecular weight excluding hydrogens is 166 g/mol. The fourth-order valence-corrected chi connectivity index (χ4v) is 1.09. The minimum Gasteiger partial charge on any atom is -0.481 e. The number of carbonyl (C=O) groups is 1. The van der Waals surface area contributed by atoms with Crippen molar-refractivity contribution in [2.45, 2.75) is 26.2 Å². The van der Waals surface area contributed by atoms with Crippen LogP contribution in [0.5, 0.6) is 0 Å². The van der Waals surface area contributed by atoms with Crippen LogP contribution < -0.4 is 0 Å². The highest BCUT2D eigenvalue weighted by Crippen LogP contribution is 2.04. The second kappa shape index (κ2) is 4.60. The van der Waals surface area contributed by atoms with Gasteiger partial charge in [0.1, 0.15) is 0 Å². The zero-order valence-electron chi connectivity index (χ0n) is 7.66. The van der Waals surface area contributed by atoms with E-state index in [9.17, 15) is 4.79 Å². The molecule has 0 saturated heterocycles. The molecule has 0 amide bonds. The summed E-state index contributed by atoms with van der Waals surface area (Å²) >= 11 is 0. The van der Waals surface area contributed by atoms with Crippen molar-refractivity contribution in [3.63, 3.8) is 0 Å². The lowest BCUT2D eigenvalue weighted by Gasteiger charge is -1.98. The molecule has 0 fully saturated rings. The molecule has 0 aliphatic carbocycles. The standard InChI is InChI=1S/C10H13NO2/c1-8-5-6-9(7-11-8)3-2-4-10(12)13/h5-7H,2-4H2,1H3,(H,12,13). The van der Waals surface area contributed by atoms with E-state index < -0.39 is 5.97 Å². The van der Waals surface area contributed by atoms with Crippen LogP contribution in [0.25, 0.3) is 0 Å². The number of hydrogen-bond donors (Lipinski definition) is 1. The lowest BCUT2D eigenvalue weighted by Crippen LogP contribution is -1.96. The fraction of sp³-hybridized carbons (Fsp3) is 0.400. The van der Waals surface area contributed by atoms with Crippen molar-refractivity contribution in [1.82, 2.24) is 4.98 Å². The van der Waals surface area contributed by atoms with E-state index in [1.165, 1.54) is 0 Å². The molecule has 0 aliphatic heterocycles. The highest BCUT2D eigenvalue weighted by molar-refractivity contribution is 5.66. The number of hydrogen-bond acceptors (Lipinski definition) is 2. The van der Waals surface area contributed by atoms with Crippen LogP contribution in [0.2, 0.25) is 0 Å². The van der Waals surface area contributed by atoms with Gasteiger partial charge in [0.05, 0.1) is 0 Å². The Balaban J connectivity index is 2.37. The zero-order chi connectivity index (χ0) is 9.68. The first-order valence-corrected chi connectivity index (χ1v) is 4.32. The number of nitrogens with zero attached hydrogens (tertiary/aromatic N) is 1. The van der Waals surface area contributed by atoms with Crippen molar-refractivity contribution in [3.05, 3.63) is 29.6 Å². The quantitative estimate of drug-likeness (QED) is 0.766. The molecule has 1 N–H and O–H groups in total. The van der Waals surface area contributed by atoms with Gasteiger partial charge in [0, 0.05) is 18.3 Å². The molecule has 0 radical (unpaired) electrons. The zero-order valence-corrected chi connectivity index (χ0v) is 7.66. The third kappa shape index (κ3) is 3.69. The van der Waals surface area contributed by atoms with Crippen LogP contribution in [0.15, 0.2) is 18.3 Å². The normalized spacial score (nSPS) is 9.92. The Labute approximate surface area is 77.4 Å². The Morgan fingerprint density at radius 1 is 1.54 bits per heavy atom. The van der Waals surface area contributed by atoms with Crippen LogP contribution in [0.1, 0.15) is 24.1 Å². The van der Waals surface area contributed by atoms with Crippen molar-refractivity contribution in [2.75, 3.05) is 0 Å². The van der Waals surface area contributed by atoms with E-state index in [2.05, 4.69) is 4.98 Å². The van der Waals surface area contributed by atoms with E-state index in [1.807, 2.05) is 19.1 Å². The Kier molecular flexibility index (Phi) is 3.43. The van der Waals surface area contributed by atoms with Crippen molar-refractivity contribution < 1.29 is 9.90 Å². The minimum atomic E-state index is -0.736. The van der Waals surface area contributed by atoms with Crippen molar-refractivity contribution >= 4 is 5.97 Å². The molecule has 0 bridgehead atoms. The van der Waals surface area contributed by atoms with Crippen molar-refractivity contribution in [1.29, 1.82) is 0 Å². The van der Waals surface area contributed by atoms with Gasteiger partial charge < -0.3 is 5.11 Å². The van der Waals surface area contributed by atoms with Gasteiger partial charge in [-0.1, -0.05) is 6.07 Å². The van der Waals surface area contributed by atoms with Gasteiger partial charge in [-0.25, -0.2) is 0 Å². The number of aliphatic carboxylic acids is 1. The van der Waals surface area contributed by atoms with Crippen LogP contribution in [0, 0.1) is 6.92 Å². The number of carboxylic acid groups (broad SMARTS) is 1. The van der Waals surface area contributed by atoms with Gasteiger partial charge >= 0.3 is 5.97 Å². The third-order valence-corrected chi connectivity index (χ3v) is 1.83. The predicted octanol–water partition coefficient (Wildman–Crippen LogP) is 1.80. The summed E-state index contributed by atoms with van der Waals surface area (Å²) in [6, 6.07) is 3.93. The molecule has 0 atom stereocenters. The van der Waals surface area contributed by atoms with Crippen molar-refractivity contribution in [2.24, 2.45) is 0 Å². The molecule has 0 spiro atoms. The molecule has 0 saturated carbocycles. The average Bonchev–Trinajstić information content (AvgIpc) is 2.08. The molecular formula is C10H13NO2. The maximum atomic E-state index is 10.2. The van der Waals surface area contributed by atoms with Crippen LogP contribution in [-0.2, 0) is 11.2 Å². The average molecular weight is 179 g/mol. The summed E-state index contributed by atoms with van der Waals surface area (Å²) < 4.78 is 0. The predicted molar refractivity (Wildman–Crippen MR) is 49.5 cm³/mol. The Morgan fingerprint density at radius 3 is 2.85 bits per heavy atom. The summed E-state index contributed by atoms with van der Waals surface area (Å²) in [5.74, 6) is -0.736. The van der Waals surface area contributed by atoms with Crippen LogP contribution in [-0.4, -0.2) is 16.1 Å². The number of aromatic nitrogens is 1. The molecule has 70 valence electrons. The van der Waals surface area contributed by atoms with Gasteiger partial charge in [0.2, 0.25) is 0 Å². The Morgan fingerprint density at radius 2 is 2.31 bits per heavy atom. The summed E-state index contributed by atoms with van der Waals surface area (Å²) in [7, 11) is 0. The van der Waals surface area contributed by atoms with E-state index in [1.54, 1.807) is 6.20 Å².